The fourth-order valence-electron chi connectivity index (χ4n) is 2.09. The molecule has 0 aliphatic carbocycles. The molecule has 128 valence electrons. The van der Waals surface area contributed by atoms with E-state index < -0.39 is 0 Å². The highest BCUT2D eigenvalue weighted by Crippen LogP contribution is 2.24. The van der Waals surface area contributed by atoms with Gasteiger partial charge in [0.2, 0.25) is 0 Å². The number of aliphatic hydroxyl groups excluding tert-OH is 1. The van der Waals surface area contributed by atoms with Gasteiger partial charge in [0.15, 0.2) is 0 Å². The summed E-state index contributed by atoms with van der Waals surface area (Å²) in [6.45, 7) is 13.6. The van der Waals surface area contributed by atoms with Gasteiger partial charge in [-0.15, -0.1) is 0 Å². The molecule has 0 aromatic carbocycles. The van der Waals surface area contributed by atoms with Crippen LogP contribution in [0.15, 0.2) is 0 Å². The number of rotatable bonds is 13. The molecule has 0 saturated heterocycles. The van der Waals surface area contributed by atoms with Crippen LogP contribution in [0.5, 0.6) is 0 Å². The lowest BCUT2D eigenvalue weighted by molar-refractivity contribution is -0.126. The number of aliphatic hydroxyl groups is 1. The fraction of sp³-hybridized carbons (Fsp3) is 1.00. The van der Waals surface area contributed by atoms with Gasteiger partial charge in [0.1, 0.15) is 0 Å². The Morgan fingerprint density at radius 3 is 2.05 bits per heavy atom. The number of hydrogen-bond donors (Lipinski definition) is 1. The van der Waals surface area contributed by atoms with Gasteiger partial charge in [0.25, 0.3) is 0 Å². The van der Waals surface area contributed by atoms with Crippen molar-refractivity contribution >= 4 is 0 Å². The van der Waals surface area contributed by atoms with Crippen LogP contribution < -0.4 is 0 Å². The first-order valence-corrected chi connectivity index (χ1v) is 8.38. The van der Waals surface area contributed by atoms with Crippen molar-refractivity contribution in [2.75, 3.05) is 19.8 Å². The highest BCUT2D eigenvalue weighted by atomic mass is 16.6. The molecule has 0 aliphatic heterocycles. The van der Waals surface area contributed by atoms with Gasteiger partial charge in [0.05, 0.1) is 43.7 Å². The third-order valence-corrected chi connectivity index (χ3v) is 3.78. The van der Waals surface area contributed by atoms with Gasteiger partial charge in [-0.05, 0) is 40.5 Å². The maximum atomic E-state index is 8.91. The Morgan fingerprint density at radius 1 is 0.952 bits per heavy atom. The molecule has 0 aliphatic rings. The maximum Gasteiger partial charge on any atom is 0.0788 e. The lowest BCUT2D eigenvalue weighted by atomic mass is 9.95. The van der Waals surface area contributed by atoms with Gasteiger partial charge in [0, 0.05) is 0 Å². The summed E-state index contributed by atoms with van der Waals surface area (Å²) in [5.74, 6) is 0. The lowest BCUT2D eigenvalue weighted by Gasteiger charge is -2.32. The van der Waals surface area contributed by atoms with E-state index in [0.29, 0.717) is 13.2 Å². The van der Waals surface area contributed by atoms with Gasteiger partial charge in [-0.25, -0.2) is 0 Å². The molecule has 4 unspecified atom stereocenters. The zero-order valence-electron chi connectivity index (χ0n) is 14.9. The third-order valence-electron chi connectivity index (χ3n) is 3.78. The highest BCUT2D eigenvalue weighted by molar-refractivity contribution is 4.74. The van der Waals surface area contributed by atoms with Crippen molar-refractivity contribution in [2.45, 2.75) is 91.1 Å². The molecule has 1 N–H and O–H groups in total. The second-order valence-electron chi connectivity index (χ2n) is 6.31. The van der Waals surface area contributed by atoms with Crippen LogP contribution in [0.4, 0.5) is 0 Å². The van der Waals surface area contributed by atoms with Crippen LogP contribution in [0.1, 0.15) is 67.2 Å². The normalized spacial score (nSPS) is 19.0. The molecule has 0 bridgehead atoms. The Hall–Kier alpha value is -0.160. The molecule has 0 amide bonds. The van der Waals surface area contributed by atoms with Gasteiger partial charge in [-0.1, -0.05) is 26.7 Å². The van der Waals surface area contributed by atoms with Crippen LogP contribution in [-0.2, 0) is 14.2 Å². The molecule has 21 heavy (non-hydrogen) atoms. The van der Waals surface area contributed by atoms with Crippen LogP contribution in [0, 0.1) is 0 Å². The monoisotopic (exact) mass is 304 g/mol. The second-order valence-corrected chi connectivity index (χ2v) is 6.31. The average Bonchev–Trinajstić information content (AvgIpc) is 2.48. The fourth-order valence-corrected chi connectivity index (χ4v) is 2.09. The quantitative estimate of drug-likeness (QED) is 0.565. The van der Waals surface area contributed by atoms with Crippen LogP contribution in [0.3, 0.4) is 0 Å². The Balaban J connectivity index is 3.98. The third kappa shape index (κ3) is 10.2. The Morgan fingerprint density at radius 2 is 1.52 bits per heavy atom. The minimum Gasteiger partial charge on any atom is -0.394 e. The first-order valence-electron chi connectivity index (χ1n) is 8.38. The summed E-state index contributed by atoms with van der Waals surface area (Å²) in [6, 6.07) is 0. The number of unbranched alkanes of at least 4 members (excludes halogenated alkanes) is 1. The van der Waals surface area contributed by atoms with E-state index in [2.05, 4.69) is 27.7 Å². The zero-order valence-corrected chi connectivity index (χ0v) is 14.9. The first-order chi connectivity index (χ1) is 9.86. The predicted octanol–water partition coefficient (Wildman–Crippen LogP) is 3.55. The van der Waals surface area contributed by atoms with Crippen LogP contribution in [0.25, 0.3) is 0 Å². The molecule has 0 fully saturated rings. The molecule has 4 atom stereocenters. The Labute approximate surface area is 131 Å². The minimum atomic E-state index is -0.137. The van der Waals surface area contributed by atoms with Crippen LogP contribution in [0.2, 0.25) is 0 Å². The average molecular weight is 304 g/mol. The van der Waals surface area contributed by atoms with E-state index in [0.717, 1.165) is 12.8 Å². The Bertz CT molecular complexity index is 247. The Kier molecular flexibility index (Phi) is 11.3. The van der Waals surface area contributed by atoms with E-state index >= 15 is 0 Å². The van der Waals surface area contributed by atoms with E-state index in [9.17, 15) is 0 Å². The van der Waals surface area contributed by atoms with Crippen LogP contribution in [-0.4, -0.2) is 48.8 Å². The molecule has 0 aromatic heterocycles. The molecule has 4 nitrogen and oxygen atoms in total. The van der Waals surface area contributed by atoms with Gasteiger partial charge < -0.3 is 19.3 Å². The van der Waals surface area contributed by atoms with E-state index in [4.69, 9.17) is 19.3 Å². The topological polar surface area (TPSA) is 47.9 Å². The van der Waals surface area contributed by atoms with Crippen molar-refractivity contribution in [3.8, 4) is 0 Å². The summed E-state index contributed by atoms with van der Waals surface area (Å²) in [6.07, 6.45) is 4.45. The first kappa shape index (κ1) is 20.8. The molecular formula is C17H36O4. The smallest absolute Gasteiger partial charge is 0.0788 e. The van der Waals surface area contributed by atoms with Crippen molar-refractivity contribution in [2.24, 2.45) is 0 Å². The van der Waals surface area contributed by atoms with Crippen molar-refractivity contribution in [1.82, 2.24) is 0 Å². The molecule has 0 radical (unpaired) electrons. The molecule has 0 spiro atoms. The molecular weight excluding hydrogens is 268 g/mol. The van der Waals surface area contributed by atoms with Gasteiger partial charge in [-0.3, -0.25) is 0 Å². The second kappa shape index (κ2) is 11.4. The SMILES string of the molecule is CCCCC(C)(CC)OC(C)COC(C)COC(C)CO. The van der Waals surface area contributed by atoms with Crippen molar-refractivity contribution in [3.63, 3.8) is 0 Å². The van der Waals surface area contributed by atoms with Gasteiger partial charge in [-0.2, -0.15) is 0 Å². The summed E-state index contributed by atoms with van der Waals surface area (Å²) >= 11 is 0. The summed E-state index contributed by atoms with van der Waals surface area (Å²) < 4.78 is 17.4. The van der Waals surface area contributed by atoms with Crippen LogP contribution >= 0.6 is 0 Å². The number of hydrogen-bond acceptors (Lipinski definition) is 4. The molecule has 0 saturated carbocycles. The van der Waals surface area contributed by atoms with Crippen molar-refractivity contribution in [1.29, 1.82) is 0 Å². The van der Waals surface area contributed by atoms with E-state index in [1.807, 2.05) is 13.8 Å². The van der Waals surface area contributed by atoms with Crippen molar-refractivity contribution in [3.05, 3.63) is 0 Å². The summed E-state index contributed by atoms with van der Waals surface area (Å²) in [7, 11) is 0. The standard InChI is InChI=1S/C17H36O4/c1-7-9-10-17(6,8-2)21-16(5)13-20-15(4)12-19-14(3)11-18/h14-16,18H,7-13H2,1-6H3. The summed E-state index contributed by atoms with van der Waals surface area (Å²) in [5, 5.41) is 8.91. The summed E-state index contributed by atoms with van der Waals surface area (Å²) in [5.41, 5.74) is -0.0517. The predicted molar refractivity (Wildman–Crippen MR) is 86.7 cm³/mol. The molecule has 0 rings (SSSR count). The maximum absolute atomic E-state index is 8.91. The molecule has 0 heterocycles. The van der Waals surface area contributed by atoms with E-state index in [1.54, 1.807) is 0 Å². The zero-order chi connectivity index (χ0) is 16.3. The highest BCUT2D eigenvalue weighted by Gasteiger charge is 2.25. The van der Waals surface area contributed by atoms with E-state index in [-0.39, 0.29) is 30.5 Å². The lowest BCUT2D eigenvalue weighted by Crippen LogP contribution is -2.35. The van der Waals surface area contributed by atoms with E-state index in [1.165, 1.54) is 12.8 Å². The number of ether oxygens (including phenoxy) is 3. The van der Waals surface area contributed by atoms with Gasteiger partial charge >= 0.3 is 0 Å². The molecule has 0 aromatic rings. The van der Waals surface area contributed by atoms with Crippen molar-refractivity contribution < 1.29 is 19.3 Å². The minimum absolute atomic E-state index is 0.00794. The molecule has 4 heteroatoms. The largest absolute Gasteiger partial charge is 0.394 e. The summed E-state index contributed by atoms with van der Waals surface area (Å²) in [4.78, 5) is 0.